The van der Waals surface area contributed by atoms with E-state index in [0.29, 0.717) is 17.0 Å². The summed E-state index contributed by atoms with van der Waals surface area (Å²) in [6.07, 6.45) is 5.13. The molecule has 1 fully saturated rings. The van der Waals surface area contributed by atoms with Gasteiger partial charge in [0.15, 0.2) is 11.5 Å². The number of carbonyl (C=O) groups excluding carboxylic acids is 2. The maximum atomic E-state index is 12.3. The van der Waals surface area contributed by atoms with E-state index in [1.807, 2.05) is 0 Å². The highest BCUT2D eigenvalue weighted by atomic mass is 32.2. The van der Waals surface area contributed by atoms with E-state index in [1.54, 1.807) is 29.3 Å². The van der Waals surface area contributed by atoms with Crippen LogP contribution >= 0.6 is 11.8 Å². The van der Waals surface area contributed by atoms with Crippen molar-refractivity contribution < 1.29 is 18.4 Å². The number of aromatic amines is 1. The molecule has 4 rings (SSSR count). The highest BCUT2D eigenvalue weighted by Gasteiger charge is 2.22. The normalized spacial score (nSPS) is 14.1. The van der Waals surface area contributed by atoms with Crippen LogP contribution in [-0.4, -0.2) is 50.6 Å². The van der Waals surface area contributed by atoms with Gasteiger partial charge in [0.1, 0.15) is 5.69 Å². The Morgan fingerprint density at radius 2 is 2.12 bits per heavy atom. The van der Waals surface area contributed by atoms with Gasteiger partial charge in [0.05, 0.1) is 12.0 Å². The summed E-state index contributed by atoms with van der Waals surface area (Å²) in [6, 6.07) is 5.04. The van der Waals surface area contributed by atoms with E-state index in [0.717, 1.165) is 37.7 Å². The third-order valence-electron chi connectivity index (χ3n) is 4.09. The highest BCUT2D eigenvalue weighted by Crippen LogP contribution is 2.24. The summed E-state index contributed by atoms with van der Waals surface area (Å²) in [5, 5.41) is 8.06. The Kier molecular flexibility index (Phi) is 4.61. The lowest BCUT2D eigenvalue weighted by Crippen LogP contribution is -2.27. The number of carbonyl (C=O) groups is 2. The number of hydrogen-bond acceptors (Lipinski definition) is 7. The average Bonchev–Trinajstić information content (AvgIpc) is 3.45. The van der Waals surface area contributed by atoms with Crippen molar-refractivity contribution in [2.75, 3.05) is 18.8 Å². The van der Waals surface area contributed by atoms with E-state index in [1.165, 1.54) is 6.26 Å². The maximum Gasteiger partial charge on any atom is 0.284 e. The van der Waals surface area contributed by atoms with Gasteiger partial charge in [0.25, 0.3) is 17.0 Å². The number of thioether (sulfide) groups is 1. The molecule has 0 radical (unpaired) electrons. The number of likely N-dealkylation sites (tertiary alicyclic amines) is 1. The van der Waals surface area contributed by atoms with Crippen molar-refractivity contribution in [3.63, 3.8) is 0 Å². The van der Waals surface area contributed by atoms with Gasteiger partial charge in [-0.2, -0.15) is 0 Å². The predicted molar refractivity (Wildman–Crippen MR) is 93.0 cm³/mol. The van der Waals surface area contributed by atoms with Gasteiger partial charge < -0.3 is 18.7 Å². The molecule has 26 heavy (non-hydrogen) atoms. The van der Waals surface area contributed by atoms with E-state index in [-0.39, 0.29) is 28.6 Å². The number of nitrogens with zero attached hydrogens (tertiary/aromatic N) is 3. The molecule has 0 bridgehead atoms. The predicted octanol–water partition coefficient (Wildman–Crippen LogP) is 2.87. The van der Waals surface area contributed by atoms with Crippen molar-refractivity contribution in [2.45, 2.75) is 18.1 Å². The minimum atomic E-state index is -0.121. The minimum absolute atomic E-state index is 0.0609. The molecule has 0 aliphatic carbocycles. The zero-order valence-electron chi connectivity index (χ0n) is 13.8. The monoisotopic (exact) mass is 372 g/mol. The fourth-order valence-electron chi connectivity index (χ4n) is 2.75. The molecule has 134 valence electrons. The van der Waals surface area contributed by atoms with E-state index < -0.39 is 0 Å². The third kappa shape index (κ3) is 3.43. The van der Waals surface area contributed by atoms with E-state index in [2.05, 4.69) is 15.2 Å². The number of H-pyrrole nitrogens is 1. The van der Waals surface area contributed by atoms with Gasteiger partial charge in [0.2, 0.25) is 0 Å². The summed E-state index contributed by atoms with van der Waals surface area (Å²) in [5.41, 5.74) is 0.906. The maximum absolute atomic E-state index is 12.3. The van der Waals surface area contributed by atoms with Gasteiger partial charge in [-0.1, -0.05) is 11.8 Å². The molecule has 1 N–H and O–H groups in total. The number of rotatable bonds is 6. The van der Waals surface area contributed by atoms with Crippen LogP contribution in [0.5, 0.6) is 0 Å². The SMILES string of the molecule is O=C(CSc1nnc(-c2ccco2)o1)c1c[nH]c(C(=O)N2CCCC2)c1. The molecule has 0 saturated carbocycles. The van der Waals surface area contributed by atoms with E-state index >= 15 is 0 Å². The quantitative estimate of drug-likeness (QED) is 0.524. The molecular weight excluding hydrogens is 356 g/mol. The number of Topliss-reactive ketones (excluding diaryl/α,β-unsaturated/α-hetero) is 1. The van der Waals surface area contributed by atoms with E-state index in [9.17, 15) is 9.59 Å². The van der Waals surface area contributed by atoms with Crippen molar-refractivity contribution in [3.05, 3.63) is 41.9 Å². The van der Waals surface area contributed by atoms with Crippen LogP contribution in [0.2, 0.25) is 0 Å². The summed E-state index contributed by atoms with van der Waals surface area (Å²) in [5.74, 6) is 0.699. The van der Waals surface area contributed by atoms with Crippen LogP contribution < -0.4 is 0 Å². The Labute approximate surface area is 153 Å². The number of amides is 1. The molecule has 1 aliphatic rings. The molecular formula is C17H16N4O4S. The summed E-state index contributed by atoms with van der Waals surface area (Å²) in [7, 11) is 0. The average molecular weight is 372 g/mol. The van der Waals surface area contributed by atoms with Crippen LogP contribution in [0, 0.1) is 0 Å². The van der Waals surface area contributed by atoms with Crippen molar-refractivity contribution in [1.29, 1.82) is 0 Å². The molecule has 1 saturated heterocycles. The second kappa shape index (κ2) is 7.20. The van der Waals surface area contributed by atoms with Crippen LogP contribution in [0.15, 0.2) is 44.7 Å². The summed E-state index contributed by atoms with van der Waals surface area (Å²) in [4.78, 5) is 29.3. The Balaban J connectivity index is 1.36. The van der Waals surface area contributed by atoms with Crippen LogP contribution in [0.25, 0.3) is 11.7 Å². The molecule has 8 nitrogen and oxygen atoms in total. The summed E-state index contributed by atoms with van der Waals surface area (Å²) < 4.78 is 10.6. The second-order valence-corrected chi connectivity index (χ2v) is 6.79. The van der Waals surface area contributed by atoms with Crippen LogP contribution in [0.1, 0.15) is 33.7 Å². The van der Waals surface area contributed by atoms with E-state index in [4.69, 9.17) is 8.83 Å². The number of aromatic nitrogens is 3. The van der Waals surface area contributed by atoms with Crippen molar-refractivity contribution in [1.82, 2.24) is 20.1 Å². The lowest BCUT2D eigenvalue weighted by atomic mass is 10.2. The third-order valence-corrected chi connectivity index (χ3v) is 4.91. The van der Waals surface area contributed by atoms with Crippen LogP contribution in [-0.2, 0) is 0 Å². The summed E-state index contributed by atoms with van der Waals surface area (Å²) >= 11 is 1.14. The van der Waals surface area contributed by atoms with Crippen molar-refractivity contribution in [2.24, 2.45) is 0 Å². The second-order valence-electron chi connectivity index (χ2n) is 5.86. The number of furan rings is 1. The Bertz CT molecular complexity index is 909. The van der Waals surface area contributed by atoms with Gasteiger partial charge in [-0.05, 0) is 31.0 Å². The van der Waals surface area contributed by atoms with Crippen LogP contribution in [0.4, 0.5) is 0 Å². The number of nitrogens with one attached hydrogen (secondary N) is 1. The van der Waals surface area contributed by atoms with Gasteiger partial charge >= 0.3 is 0 Å². The van der Waals surface area contributed by atoms with Gasteiger partial charge in [-0.25, -0.2) is 0 Å². The molecule has 0 atom stereocenters. The number of ketones is 1. The smallest absolute Gasteiger partial charge is 0.284 e. The molecule has 3 aromatic heterocycles. The molecule has 0 spiro atoms. The molecule has 1 aliphatic heterocycles. The number of hydrogen-bond donors (Lipinski definition) is 1. The Hall–Kier alpha value is -2.81. The van der Waals surface area contributed by atoms with Gasteiger partial charge in [-0.3, -0.25) is 9.59 Å². The Morgan fingerprint density at radius 3 is 2.88 bits per heavy atom. The topological polar surface area (TPSA) is 105 Å². The molecule has 0 aromatic carbocycles. The first-order valence-corrected chi connectivity index (χ1v) is 9.20. The standard InChI is InChI=1S/C17H16N4O4S/c22-13(10-26-17-20-19-15(25-17)14-4-3-7-24-14)11-8-12(18-9-11)16(23)21-5-1-2-6-21/h3-4,7-9,18H,1-2,5-6,10H2. The van der Waals surface area contributed by atoms with Crippen LogP contribution in [0.3, 0.4) is 0 Å². The Morgan fingerprint density at radius 1 is 1.27 bits per heavy atom. The van der Waals surface area contributed by atoms with Gasteiger partial charge in [0, 0.05) is 24.8 Å². The molecule has 0 unspecified atom stereocenters. The van der Waals surface area contributed by atoms with Gasteiger partial charge in [-0.15, -0.1) is 10.2 Å². The first kappa shape index (κ1) is 16.6. The fourth-order valence-corrected chi connectivity index (χ4v) is 3.41. The molecule has 4 heterocycles. The first-order valence-electron chi connectivity index (χ1n) is 8.22. The lowest BCUT2D eigenvalue weighted by Gasteiger charge is -2.13. The lowest BCUT2D eigenvalue weighted by molar-refractivity contribution is 0.0787. The largest absolute Gasteiger partial charge is 0.459 e. The van der Waals surface area contributed by atoms with Crippen molar-refractivity contribution >= 4 is 23.5 Å². The molecule has 9 heteroatoms. The molecule has 1 amide bonds. The first-order chi connectivity index (χ1) is 12.7. The zero-order chi connectivity index (χ0) is 17.9. The highest BCUT2D eigenvalue weighted by molar-refractivity contribution is 7.99. The van der Waals surface area contributed by atoms with Crippen molar-refractivity contribution in [3.8, 4) is 11.7 Å². The minimum Gasteiger partial charge on any atom is -0.459 e. The fraction of sp³-hybridized carbons (Fsp3) is 0.294. The molecule has 3 aromatic rings. The summed E-state index contributed by atoms with van der Waals surface area (Å²) in [6.45, 7) is 1.54. The zero-order valence-corrected chi connectivity index (χ0v) is 14.6.